The first-order valence-electron chi connectivity index (χ1n) is 16.3. The van der Waals surface area contributed by atoms with E-state index in [4.69, 9.17) is 9.73 Å². The van der Waals surface area contributed by atoms with Crippen LogP contribution in [0.5, 0.6) is 0 Å². The van der Waals surface area contributed by atoms with Crippen molar-refractivity contribution in [3.8, 4) is 0 Å². The molecule has 6 heteroatoms. The smallest absolute Gasteiger partial charge is 0.211 e. The molecule has 216 valence electrons. The summed E-state index contributed by atoms with van der Waals surface area (Å²) in [4.78, 5) is 13.4. The Morgan fingerprint density at radius 3 is 2.60 bits per heavy atom. The maximum atomic E-state index is 6.69. The lowest BCUT2D eigenvalue weighted by Crippen LogP contribution is -2.54. The van der Waals surface area contributed by atoms with Gasteiger partial charge < -0.3 is 19.9 Å². The molecule has 1 aromatic carbocycles. The maximum absolute atomic E-state index is 6.69. The second-order valence-corrected chi connectivity index (χ2v) is 13.3. The Kier molecular flexibility index (Phi) is 7.42. The monoisotopic (exact) mass is 543 g/mol. The lowest BCUT2D eigenvalue weighted by Gasteiger charge is -2.39. The summed E-state index contributed by atoms with van der Waals surface area (Å²) in [6, 6.07) is 8.13. The van der Waals surface area contributed by atoms with Crippen LogP contribution < -0.4 is 10.2 Å². The Morgan fingerprint density at radius 2 is 1.85 bits per heavy atom. The number of hydrogen-bond acceptors (Lipinski definition) is 5. The van der Waals surface area contributed by atoms with Gasteiger partial charge in [0, 0.05) is 44.0 Å². The van der Waals surface area contributed by atoms with Crippen molar-refractivity contribution in [1.82, 2.24) is 15.1 Å². The van der Waals surface area contributed by atoms with Crippen molar-refractivity contribution >= 4 is 11.5 Å². The molecule has 6 aliphatic rings. The van der Waals surface area contributed by atoms with Gasteiger partial charge in [-0.15, -0.1) is 0 Å². The number of benzene rings is 1. The standard InChI is InChI=1S/C34H49N5O/c1-3-8-32(40-24-34-16-6-18-39(34)19-7-17-34)36-33(38-22-27-13-14-28(23-38)35-27)29-15-20-37(21-25(29)2)31-12-5-10-26-9-4-11-30(26)31/h5,8,10,12,27-28,35H,3-4,6-7,9,11,13-24H2,1-2H3/b32-8-,36-33+. The molecule has 2 atom stereocenters. The van der Waals surface area contributed by atoms with Crippen LogP contribution in [0.4, 0.5) is 5.69 Å². The van der Waals surface area contributed by atoms with Gasteiger partial charge in [0.15, 0.2) is 0 Å². The number of amidine groups is 1. The van der Waals surface area contributed by atoms with Crippen LogP contribution in [0.3, 0.4) is 0 Å². The normalized spacial score (nSPS) is 28.4. The number of fused-ring (bicyclic) bond motifs is 4. The Hall–Kier alpha value is -2.31. The predicted octanol–water partition coefficient (Wildman–Crippen LogP) is 5.43. The van der Waals surface area contributed by atoms with E-state index in [1.807, 2.05) is 0 Å². The molecule has 2 bridgehead atoms. The van der Waals surface area contributed by atoms with Gasteiger partial charge in [-0.3, -0.25) is 4.90 Å². The van der Waals surface area contributed by atoms with Crippen molar-refractivity contribution in [3.63, 3.8) is 0 Å². The van der Waals surface area contributed by atoms with Crippen LogP contribution in [-0.2, 0) is 17.6 Å². The molecular weight excluding hydrogens is 494 g/mol. The molecule has 0 spiro atoms. The fourth-order valence-corrected chi connectivity index (χ4v) is 8.71. The number of allylic oxidation sites excluding steroid dienone is 1. The molecule has 0 amide bonds. The molecule has 1 aliphatic carbocycles. The molecule has 1 aromatic rings. The number of likely N-dealkylation sites (tertiary alicyclic amines) is 1. The highest BCUT2D eigenvalue weighted by molar-refractivity contribution is 6.00. The van der Waals surface area contributed by atoms with Gasteiger partial charge in [0.05, 0.1) is 5.54 Å². The van der Waals surface area contributed by atoms with Crippen molar-refractivity contribution in [2.24, 2.45) is 4.99 Å². The SMILES string of the molecule is CC/C=C(/N=C(\C1=C(C)CN(c2cccc3c2CCC3)CC1)N1CC2CCC(C1)N2)OCC12CCCN1CCC2. The van der Waals surface area contributed by atoms with Crippen molar-refractivity contribution in [2.75, 3.05) is 50.8 Å². The van der Waals surface area contributed by atoms with Crippen LogP contribution in [-0.4, -0.2) is 79.1 Å². The number of aliphatic imine (C=N–C) groups is 1. The second-order valence-electron chi connectivity index (χ2n) is 13.3. The summed E-state index contributed by atoms with van der Waals surface area (Å²) < 4.78 is 6.69. The van der Waals surface area contributed by atoms with Gasteiger partial charge in [0.25, 0.3) is 0 Å². The third-order valence-corrected chi connectivity index (χ3v) is 10.7. The number of ether oxygens (including phenoxy) is 1. The Labute approximate surface area is 241 Å². The Morgan fingerprint density at radius 1 is 1.05 bits per heavy atom. The highest BCUT2D eigenvalue weighted by atomic mass is 16.5. The molecule has 0 saturated carbocycles. The quantitative estimate of drug-likeness (QED) is 0.282. The van der Waals surface area contributed by atoms with E-state index in [0.717, 1.165) is 51.5 Å². The number of piperazine rings is 1. The molecule has 4 fully saturated rings. The van der Waals surface area contributed by atoms with E-state index in [2.05, 4.69) is 58.1 Å². The number of hydrogen-bond donors (Lipinski definition) is 1. The molecule has 6 nitrogen and oxygen atoms in total. The molecule has 4 saturated heterocycles. The second kappa shape index (κ2) is 11.2. The van der Waals surface area contributed by atoms with Gasteiger partial charge in [-0.05, 0) is 125 Å². The van der Waals surface area contributed by atoms with Gasteiger partial charge in [0.1, 0.15) is 12.4 Å². The molecule has 1 N–H and O–H groups in total. The molecular formula is C34H49N5O. The lowest BCUT2D eigenvalue weighted by molar-refractivity contribution is 0.0716. The first-order valence-corrected chi connectivity index (χ1v) is 16.3. The van der Waals surface area contributed by atoms with E-state index in [-0.39, 0.29) is 5.54 Å². The first-order chi connectivity index (χ1) is 19.6. The van der Waals surface area contributed by atoms with E-state index in [9.17, 15) is 0 Å². The maximum Gasteiger partial charge on any atom is 0.211 e. The minimum absolute atomic E-state index is 0.243. The molecule has 0 aromatic heterocycles. The van der Waals surface area contributed by atoms with E-state index < -0.39 is 0 Å². The van der Waals surface area contributed by atoms with Crippen LogP contribution >= 0.6 is 0 Å². The Balaban J connectivity index is 1.17. The summed E-state index contributed by atoms with van der Waals surface area (Å²) >= 11 is 0. The van der Waals surface area contributed by atoms with Gasteiger partial charge in [-0.1, -0.05) is 19.1 Å². The van der Waals surface area contributed by atoms with Crippen LogP contribution in [0.15, 0.2) is 46.3 Å². The summed E-state index contributed by atoms with van der Waals surface area (Å²) in [5.41, 5.74) is 7.81. The number of nitrogens with one attached hydrogen (secondary N) is 1. The largest absolute Gasteiger partial charge is 0.476 e. The Bertz CT molecular complexity index is 1180. The summed E-state index contributed by atoms with van der Waals surface area (Å²) in [6.07, 6.45) is 15.7. The molecule has 2 unspecified atom stereocenters. The highest BCUT2D eigenvalue weighted by Crippen LogP contribution is 2.40. The minimum Gasteiger partial charge on any atom is -0.476 e. The lowest BCUT2D eigenvalue weighted by atomic mass is 9.95. The molecule has 7 rings (SSSR count). The molecule has 40 heavy (non-hydrogen) atoms. The van der Waals surface area contributed by atoms with E-state index in [0.29, 0.717) is 12.1 Å². The number of rotatable bonds is 7. The van der Waals surface area contributed by atoms with E-state index in [1.165, 1.54) is 93.5 Å². The van der Waals surface area contributed by atoms with Gasteiger partial charge >= 0.3 is 0 Å². The van der Waals surface area contributed by atoms with Crippen molar-refractivity contribution in [3.05, 3.63) is 52.4 Å². The summed E-state index contributed by atoms with van der Waals surface area (Å²) in [6.45, 7) is 12.0. The highest BCUT2D eigenvalue weighted by Gasteiger charge is 2.45. The van der Waals surface area contributed by atoms with Crippen LogP contribution in [0.1, 0.15) is 82.8 Å². The fraction of sp³-hybridized carbons (Fsp3) is 0.676. The van der Waals surface area contributed by atoms with Crippen LogP contribution in [0, 0.1) is 0 Å². The predicted molar refractivity (Wildman–Crippen MR) is 164 cm³/mol. The molecule has 5 aliphatic heterocycles. The third-order valence-electron chi connectivity index (χ3n) is 10.7. The first kappa shape index (κ1) is 26.6. The zero-order valence-corrected chi connectivity index (χ0v) is 24.9. The average molecular weight is 544 g/mol. The van der Waals surface area contributed by atoms with Crippen molar-refractivity contribution in [1.29, 1.82) is 0 Å². The topological polar surface area (TPSA) is 43.3 Å². The molecule has 0 radical (unpaired) electrons. The van der Waals surface area contributed by atoms with Gasteiger partial charge in [-0.2, -0.15) is 4.99 Å². The number of nitrogens with zero attached hydrogens (tertiary/aromatic N) is 4. The van der Waals surface area contributed by atoms with E-state index >= 15 is 0 Å². The summed E-state index contributed by atoms with van der Waals surface area (Å²) in [5.74, 6) is 2.04. The minimum atomic E-state index is 0.243. The zero-order chi connectivity index (χ0) is 27.1. The third kappa shape index (κ3) is 5.00. The molecule has 5 heterocycles. The van der Waals surface area contributed by atoms with Crippen molar-refractivity contribution in [2.45, 2.75) is 102 Å². The fourth-order valence-electron chi connectivity index (χ4n) is 8.71. The van der Waals surface area contributed by atoms with E-state index in [1.54, 1.807) is 11.1 Å². The summed E-state index contributed by atoms with van der Waals surface area (Å²) in [7, 11) is 0. The summed E-state index contributed by atoms with van der Waals surface area (Å²) in [5, 5.41) is 3.83. The van der Waals surface area contributed by atoms with Gasteiger partial charge in [0.2, 0.25) is 5.88 Å². The number of anilines is 1. The van der Waals surface area contributed by atoms with Gasteiger partial charge in [-0.25, -0.2) is 0 Å². The van der Waals surface area contributed by atoms with Crippen LogP contribution in [0.25, 0.3) is 0 Å². The zero-order valence-electron chi connectivity index (χ0n) is 24.9. The van der Waals surface area contributed by atoms with Crippen molar-refractivity contribution < 1.29 is 4.74 Å². The van der Waals surface area contributed by atoms with Crippen LogP contribution in [0.2, 0.25) is 0 Å². The number of aryl methyl sites for hydroxylation is 1. The average Bonchev–Trinajstić information content (AvgIpc) is 3.74.